The van der Waals surface area contributed by atoms with E-state index < -0.39 is 0 Å². The van der Waals surface area contributed by atoms with Gasteiger partial charge in [-0.2, -0.15) is 5.10 Å². The van der Waals surface area contributed by atoms with Crippen LogP contribution in [-0.4, -0.2) is 24.3 Å². The highest BCUT2D eigenvalue weighted by molar-refractivity contribution is 7.07. The normalized spacial score (nSPS) is 11.5. The summed E-state index contributed by atoms with van der Waals surface area (Å²) < 4.78 is 3.91. The number of thiazole rings is 1. The van der Waals surface area contributed by atoms with Crippen molar-refractivity contribution in [3.8, 4) is 0 Å². The number of aromatic nitrogens is 5. The van der Waals surface area contributed by atoms with Crippen molar-refractivity contribution in [1.82, 2.24) is 24.3 Å². The molecule has 0 spiro atoms. The fraction of sp³-hybridized carbons (Fsp3) is 0.462. The quantitative estimate of drug-likeness (QED) is 0.780. The maximum atomic E-state index is 6.06. The first-order valence-corrected chi connectivity index (χ1v) is 7.69. The molecule has 0 atom stereocenters. The van der Waals surface area contributed by atoms with E-state index >= 15 is 0 Å². The standard InChI is InChI=1S/C13H18N6S/c1-3-4-10-11-12(18(2)17-10)19(13(14)16-11)6-5-9-7-20-8-15-9/h7-8H,3-6H2,1-2H3,(H2,14,16). The Morgan fingerprint density at radius 1 is 1.35 bits per heavy atom. The molecule has 3 aromatic rings. The van der Waals surface area contributed by atoms with E-state index in [0.717, 1.165) is 48.4 Å². The predicted molar refractivity (Wildman–Crippen MR) is 80.7 cm³/mol. The van der Waals surface area contributed by atoms with Crippen molar-refractivity contribution in [2.45, 2.75) is 32.7 Å². The molecule has 0 bridgehead atoms. The monoisotopic (exact) mass is 290 g/mol. The van der Waals surface area contributed by atoms with Crippen LogP contribution in [0.3, 0.4) is 0 Å². The van der Waals surface area contributed by atoms with E-state index in [9.17, 15) is 0 Å². The number of nitrogen functional groups attached to an aromatic ring is 1. The summed E-state index contributed by atoms with van der Waals surface area (Å²) >= 11 is 1.61. The van der Waals surface area contributed by atoms with Gasteiger partial charge in [0.05, 0.1) is 16.9 Å². The van der Waals surface area contributed by atoms with Gasteiger partial charge in [-0.3, -0.25) is 9.25 Å². The number of fused-ring (bicyclic) bond motifs is 1. The van der Waals surface area contributed by atoms with E-state index in [2.05, 4.69) is 27.4 Å². The summed E-state index contributed by atoms with van der Waals surface area (Å²) in [6.07, 6.45) is 2.84. The lowest BCUT2D eigenvalue weighted by molar-refractivity contribution is 0.669. The highest BCUT2D eigenvalue weighted by Gasteiger charge is 2.17. The zero-order valence-electron chi connectivity index (χ0n) is 11.7. The van der Waals surface area contributed by atoms with Gasteiger partial charge >= 0.3 is 0 Å². The first-order valence-electron chi connectivity index (χ1n) is 6.75. The minimum atomic E-state index is 0.556. The predicted octanol–water partition coefficient (Wildman–Crippen LogP) is 2.00. The number of nitrogens with zero attached hydrogens (tertiary/aromatic N) is 5. The molecule has 3 aromatic heterocycles. The van der Waals surface area contributed by atoms with E-state index in [1.807, 2.05) is 21.8 Å². The van der Waals surface area contributed by atoms with Gasteiger partial charge in [0.25, 0.3) is 0 Å². The van der Waals surface area contributed by atoms with E-state index in [1.165, 1.54) is 0 Å². The molecule has 0 aromatic carbocycles. The Bertz CT molecular complexity index is 709. The lowest BCUT2D eigenvalue weighted by Crippen LogP contribution is -2.09. The van der Waals surface area contributed by atoms with Crippen LogP contribution in [0, 0.1) is 0 Å². The summed E-state index contributed by atoms with van der Waals surface area (Å²) in [6, 6.07) is 0. The summed E-state index contributed by atoms with van der Waals surface area (Å²) in [4.78, 5) is 8.80. The molecule has 0 radical (unpaired) electrons. The molecule has 106 valence electrons. The summed E-state index contributed by atoms with van der Waals surface area (Å²) in [7, 11) is 1.95. The first-order chi connectivity index (χ1) is 9.70. The van der Waals surface area contributed by atoms with Crippen molar-refractivity contribution >= 4 is 28.4 Å². The number of hydrogen-bond donors (Lipinski definition) is 1. The molecule has 0 unspecified atom stereocenters. The van der Waals surface area contributed by atoms with Gasteiger partial charge < -0.3 is 5.73 Å². The van der Waals surface area contributed by atoms with Crippen LogP contribution in [0.4, 0.5) is 5.95 Å². The molecular formula is C13H18N6S. The van der Waals surface area contributed by atoms with Crippen LogP contribution in [-0.2, 0) is 26.4 Å². The Kier molecular flexibility index (Phi) is 3.43. The fourth-order valence-electron chi connectivity index (χ4n) is 2.47. The Morgan fingerprint density at radius 2 is 2.20 bits per heavy atom. The second kappa shape index (κ2) is 5.24. The maximum Gasteiger partial charge on any atom is 0.202 e. The van der Waals surface area contributed by atoms with Gasteiger partial charge in [-0.15, -0.1) is 11.3 Å². The van der Waals surface area contributed by atoms with Crippen molar-refractivity contribution in [2.75, 3.05) is 5.73 Å². The minimum absolute atomic E-state index is 0.556. The van der Waals surface area contributed by atoms with E-state index in [-0.39, 0.29) is 0 Å². The third-order valence-corrected chi connectivity index (χ3v) is 4.02. The Balaban J connectivity index is 1.95. The molecule has 20 heavy (non-hydrogen) atoms. The minimum Gasteiger partial charge on any atom is -0.369 e. The molecule has 3 heterocycles. The molecule has 0 saturated heterocycles. The fourth-order valence-corrected chi connectivity index (χ4v) is 3.06. The highest BCUT2D eigenvalue weighted by Crippen LogP contribution is 2.22. The van der Waals surface area contributed by atoms with Crippen LogP contribution in [0.15, 0.2) is 10.9 Å². The van der Waals surface area contributed by atoms with Crippen molar-refractivity contribution in [1.29, 1.82) is 0 Å². The molecule has 0 aliphatic heterocycles. The summed E-state index contributed by atoms with van der Waals surface area (Å²) in [5, 5.41) is 6.62. The second-order valence-corrected chi connectivity index (χ2v) is 5.56. The third-order valence-electron chi connectivity index (χ3n) is 3.38. The van der Waals surface area contributed by atoms with Gasteiger partial charge in [-0.1, -0.05) is 13.3 Å². The molecule has 0 aliphatic rings. The van der Waals surface area contributed by atoms with Gasteiger partial charge in [0.1, 0.15) is 5.52 Å². The van der Waals surface area contributed by atoms with Crippen LogP contribution < -0.4 is 5.73 Å². The van der Waals surface area contributed by atoms with Crippen molar-refractivity contribution in [3.63, 3.8) is 0 Å². The summed E-state index contributed by atoms with van der Waals surface area (Å²) in [6.45, 7) is 2.92. The molecule has 0 amide bonds. The van der Waals surface area contributed by atoms with Gasteiger partial charge in [0, 0.05) is 25.4 Å². The smallest absolute Gasteiger partial charge is 0.202 e. The van der Waals surface area contributed by atoms with Gasteiger partial charge in [0.15, 0.2) is 5.65 Å². The van der Waals surface area contributed by atoms with E-state index in [0.29, 0.717) is 5.95 Å². The van der Waals surface area contributed by atoms with E-state index in [4.69, 9.17) is 5.73 Å². The molecule has 0 fully saturated rings. The van der Waals surface area contributed by atoms with Crippen LogP contribution in [0.5, 0.6) is 0 Å². The zero-order chi connectivity index (χ0) is 14.1. The number of nitrogens with two attached hydrogens (primary N) is 1. The maximum absolute atomic E-state index is 6.06. The molecular weight excluding hydrogens is 272 g/mol. The zero-order valence-corrected chi connectivity index (χ0v) is 12.5. The molecule has 7 heteroatoms. The molecule has 2 N–H and O–H groups in total. The summed E-state index contributed by atoms with van der Waals surface area (Å²) in [5.74, 6) is 0.556. The van der Waals surface area contributed by atoms with E-state index in [1.54, 1.807) is 11.3 Å². The first kappa shape index (κ1) is 13.1. The highest BCUT2D eigenvalue weighted by atomic mass is 32.1. The van der Waals surface area contributed by atoms with Crippen LogP contribution in [0.2, 0.25) is 0 Å². The Morgan fingerprint density at radius 3 is 2.90 bits per heavy atom. The van der Waals surface area contributed by atoms with Crippen molar-refractivity contribution in [3.05, 3.63) is 22.3 Å². The molecule has 0 saturated carbocycles. The lowest BCUT2D eigenvalue weighted by Gasteiger charge is -2.05. The SMILES string of the molecule is CCCc1nn(C)c2c1nc(N)n2CCc1cscn1. The van der Waals surface area contributed by atoms with Crippen LogP contribution >= 0.6 is 11.3 Å². The number of anilines is 1. The Hall–Kier alpha value is -1.89. The third kappa shape index (κ3) is 2.18. The second-order valence-electron chi connectivity index (χ2n) is 4.84. The molecule has 3 rings (SSSR count). The van der Waals surface area contributed by atoms with Gasteiger partial charge in [-0.25, -0.2) is 9.97 Å². The topological polar surface area (TPSA) is 74.6 Å². The number of aryl methyl sites for hydroxylation is 4. The largest absolute Gasteiger partial charge is 0.369 e. The molecule has 0 aliphatic carbocycles. The number of imidazole rings is 1. The van der Waals surface area contributed by atoms with Crippen molar-refractivity contribution in [2.24, 2.45) is 7.05 Å². The average molecular weight is 290 g/mol. The van der Waals surface area contributed by atoms with Crippen LogP contribution in [0.25, 0.3) is 11.2 Å². The molecule has 6 nitrogen and oxygen atoms in total. The van der Waals surface area contributed by atoms with Gasteiger partial charge in [0.2, 0.25) is 5.95 Å². The van der Waals surface area contributed by atoms with Crippen LogP contribution in [0.1, 0.15) is 24.7 Å². The van der Waals surface area contributed by atoms with Crippen molar-refractivity contribution < 1.29 is 0 Å². The summed E-state index contributed by atoms with van der Waals surface area (Å²) in [5.41, 5.74) is 12.0. The number of hydrogen-bond acceptors (Lipinski definition) is 5. The lowest BCUT2D eigenvalue weighted by atomic mass is 10.2. The van der Waals surface area contributed by atoms with Gasteiger partial charge in [-0.05, 0) is 6.42 Å². The average Bonchev–Trinajstić information content (AvgIpc) is 3.08. The number of rotatable bonds is 5. The Labute approximate surface area is 121 Å².